The first-order valence-electron chi connectivity index (χ1n) is 5.09. The summed E-state index contributed by atoms with van der Waals surface area (Å²) >= 11 is 0. The SMILES string of the molecule is [N]=CCCc1cccn1-c1ccccc1. The number of hydrogen-bond acceptors (Lipinski definition) is 0. The number of rotatable bonds is 4. The summed E-state index contributed by atoms with van der Waals surface area (Å²) in [4.78, 5) is 0. The van der Waals surface area contributed by atoms with Gasteiger partial charge in [0.25, 0.3) is 0 Å². The van der Waals surface area contributed by atoms with E-state index < -0.39 is 0 Å². The van der Waals surface area contributed by atoms with Gasteiger partial charge in [0.05, 0.1) is 0 Å². The average molecular weight is 197 g/mol. The van der Waals surface area contributed by atoms with Crippen molar-refractivity contribution in [1.29, 1.82) is 0 Å². The van der Waals surface area contributed by atoms with Crippen molar-refractivity contribution in [3.8, 4) is 5.69 Å². The molecule has 1 aromatic carbocycles. The second-order valence-corrected chi connectivity index (χ2v) is 3.43. The van der Waals surface area contributed by atoms with Gasteiger partial charge in [0.1, 0.15) is 0 Å². The van der Waals surface area contributed by atoms with E-state index in [9.17, 15) is 0 Å². The minimum atomic E-state index is 0.691. The summed E-state index contributed by atoms with van der Waals surface area (Å²) in [5.74, 6) is 0. The largest absolute Gasteiger partial charge is 0.321 e. The van der Waals surface area contributed by atoms with Crippen LogP contribution in [0.25, 0.3) is 5.69 Å². The summed E-state index contributed by atoms with van der Waals surface area (Å²) in [6.07, 6.45) is 4.81. The van der Waals surface area contributed by atoms with E-state index in [0.29, 0.717) is 6.42 Å². The smallest absolute Gasteiger partial charge is 0.0452 e. The average Bonchev–Trinajstić information content (AvgIpc) is 2.75. The molecule has 0 aliphatic heterocycles. The molecule has 0 saturated carbocycles. The highest BCUT2D eigenvalue weighted by Crippen LogP contribution is 2.13. The minimum Gasteiger partial charge on any atom is -0.321 e. The molecule has 0 aliphatic carbocycles. The Bertz CT molecular complexity index is 429. The Kier molecular flexibility index (Phi) is 2.98. The normalized spacial score (nSPS) is 10.1. The van der Waals surface area contributed by atoms with Gasteiger partial charge in [0.15, 0.2) is 0 Å². The summed E-state index contributed by atoms with van der Waals surface area (Å²) in [7, 11) is 0. The number of hydrogen-bond donors (Lipinski definition) is 0. The van der Waals surface area contributed by atoms with Crippen LogP contribution in [0.15, 0.2) is 48.7 Å². The standard InChI is InChI=1S/C13H13N2/c14-10-4-8-13-9-5-11-15(13)12-6-2-1-3-7-12/h1-3,5-7,9-11H,4,8H2. The van der Waals surface area contributed by atoms with E-state index in [1.807, 2.05) is 30.5 Å². The molecule has 0 spiro atoms. The van der Waals surface area contributed by atoms with Crippen LogP contribution in [0.3, 0.4) is 0 Å². The van der Waals surface area contributed by atoms with Gasteiger partial charge in [-0.1, -0.05) is 18.2 Å². The fraction of sp³-hybridized carbons (Fsp3) is 0.154. The predicted molar refractivity (Wildman–Crippen MR) is 62.3 cm³/mol. The van der Waals surface area contributed by atoms with Crippen LogP contribution in [0.2, 0.25) is 0 Å². The molecule has 0 bridgehead atoms. The van der Waals surface area contributed by atoms with Crippen LogP contribution >= 0.6 is 0 Å². The van der Waals surface area contributed by atoms with Gasteiger partial charge in [0.2, 0.25) is 0 Å². The van der Waals surface area contributed by atoms with Crippen LogP contribution in [0.4, 0.5) is 0 Å². The molecule has 2 nitrogen and oxygen atoms in total. The first kappa shape index (κ1) is 9.71. The highest BCUT2D eigenvalue weighted by molar-refractivity contribution is 5.54. The summed E-state index contributed by atoms with van der Waals surface area (Å²) in [6.45, 7) is 0. The third kappa shape index (κ3) is 2.15. The lowest BCUT2D eigenvalue weighted by molar-refractivity contribution is 0.908. The first-order chi connectivity index (χ1) is 7.42. The summed E-state index contributed by atoms with van der Waals surface area (Å²) < 4.78 is 2.14. The van der Waals surface area contributed by atoms with Crippen LogP contribution in [-0.2, 0) is 6.42 Å². The van der Waals surface area contributed by atoms with E-state index >= 15 is 0 Å². The Morgan fingerprint density at radius 3 is 2.60 bits per heavy atom. The van der Waals surface area contributed by atoms with Crippen molar-refractivity contribution in [2.75, 3.05) is 0 Å². The van der Waals surface area contributed by atoms with Crippen LogP contribution in [0.5, 0.6) is 0 Å². The van der Waals surface area contributed by atoms with Crippen molar-refractivity contribution < 1.29 is 0 Å². The Morgan fingerprint density at radius 2 is 1.87 bits per heavy atom. The predicted octanol–water partition coefficient (Wildman–Crippen LogP) is 2.28. The third-order valence-electron chi connectivity index (χ3n) is 2.40. The molecule has 0 amide bonds. The zero-order chi connectivity index (χ0) is 10.5. The Morgan fingerprint density at radius 1 is 1.07 bits per heavy atom. The zero-order valence-electron chi connectivity index (χ0n) is 8.50. The molecule has 0 fully saturated rings. The number of aryl methyl sites for hydroxylation is 1. The molecular weight excluding hydrogens is 184 g/mol. The van der Waals surface area contributed by atoms with Crippen molar-refractivity contribution in [1.82, 2.24) is 9.98 Å². The molecule has 0 saturated heterocycles. The van der Waals surface area contributed by atoms with Crippen LogP contribution in [-0.4, -0.2) is 10.8 Å². The number of benzene rings is 1. The molecule has 75 valence electrons. The lowest BCUT2D eigenvalue weighted by Crippen LogP contribution is -1.98. The highest BCUT2D eigenvalue weighted by Gasteiger charge is 2.01. The van der Waals surface area contributed by atoms with Gasteiger partial charge in [0, 0.05) is 23.8 Å². The minimum absolute atomic E-state index is 0.691. The van der Waals surface area contributed by atoms with Gasteiger partial charge in [-0.3, -0.25) is 0 Å². The fourth-order valence-corrected chi connectivity index (χ4v) is 1.67. The van der Waals surface area contributed by atoms with Crippen molar-refractivity contribution in [2.24, 2.45) is 0 Å². The van der Waals surface area contributed by atoms with Crippen LogP contribution in [0, 0.1) is 0 Å². The second-order valence-electron chi connectivity index (χ2n) is 3.43. The number of para-hydroxylation sites is 1. The summed E-state index contributed by atoms with van der Waals surface area (Å²) in [5, 5.41) is 8.69. The quantitative estimate of drug-likeness (QED) is 0.672. The van der Waals surface area contributed by atoms with Gasteiger partial charge in [-0.2, -0.15) is 5.41 Å². The maximum absolute atomic E-state index is 8.69. The van der Waals surface area contributed by atoms with Crippen molar-refractivity contribution >= 4 is 6.21 Å². The van der Waals surface area contributed by atoms with Gasteiger partial charge in [-0.15, -0.1) is 0 Å². The van der Waals surface area contributed by atoms with E-state index in [-0.39, 0.29) is 0 Å². The first-order valence-corrected chi connectivity index (χ1v) is 5.09. The third-order valence-corrected chi connectivity index (χ3v) is 2.40. The number of aromatic nitrogens is 1. The molecule has 1 aromatic heterocycles. The molecule has 2 rings (SSSR count). The topological polar surface area (TPSA) is 27.2 Å². The molecule has 0 unspecified atom stereocenters. The maximum atomic E-state index is 8.69. The van der Waals surface area contributed by atoms with Crippen LogP contribution in [0.1, 0.15) is 12.1 Å². The van der Waals surface area contributed by atoms with Crippen molar-refractivity contribution in [3.05, 3.63) is 54.4 Å². The fourth-order valence-electron chi connectivity index (χ4n) is 1.67. The summed E-state index contributed by atoms with van der Waals surface area (Å²) in [6, 6.07) is 14.3. The van der Waals surface area contributed by atoms with E-state index in [4.69, 9.17) is 5.41 Å². The number of nitrogens with zero attached hydrogens (tertiary/aromatic N) is 2. The van der Waals surface area contributed by atoms with E-state index in [0.717, 1.165) is 12.1 Å². The van der Waals surface area contributed by atoms with E-state index in [1.54, 1.807) is 0 Å². The Hall–Kier alpha value is -1.83. The zero-order valence-corrected chi connectivity index (χ0v) is 8.50. The molecule has 0 atom stereocenters. The van der Waals surface area contributed by atoms with Gasteiger partial charge < -0.3 is 4.57 Å². The molecule has 1 heterocycles. The molecule has 0 aliphatic rings. The van der Waals surface area contributed by atoms with E-state index in [2.05, 4.69) is 22.8 Å². The van der Waals surface area contributed by atoms with Gasteiger partial charge >= 0.3 is 0 Å². The molecule has 2 aromatic rings. The second kappa shape index (κ2) is 4.60. The van der Waals surface area contributed by atoms with Gasteiger partial charge in [-0.05, 0) is 37.1 Å². The molecule has 0 N–H and O–H groups in total. The molecule has 2 heteroatoms. The Labute approximate surface area is 89.7 Å². The lowest BCUT2D eigenvalue weighted by Gasteiger charge is -2.07. The van der Waals surface area contributed by atoms with E-state index in [1.165, 1.54) is 11.9 Å². The summed E-state index contributed by atoms with van der Waals surface area (Å²) in [5.41, 5.74) is 2.38. The molecular formula is C13H13N2. The van der Waals surface area contributed by atoms with Crippen molar-refractivity contribution in [3.63, 3.8) is 0 Å². The molecule has 15 heavy (non-hydrogen) atoms. The van der Waals surface area contributed by atoms with Crippen LogP contribution < -0.4 is 5.41 Å². The van der Waals surface area contributed by atoms with Gasteiger partial charge in [-0.25, -0.2) is 0 Å². The Balaban J connectivity index is 2.29. The monoisotopic (exact) mass is 197 g/mol. The lowest BCUT2D eigenvalue weighted by atomic mass is 10.2. The van der Waals surface area contributed by atoms with Crippen molar-refractivity contribution in [2.45, 2.75) is 12.8 Å². The molecule has 1 radical (unpaired) electrons. The maximum Gasteiger partial charge on any atom is 0.0452 e. The highest BCUT2D eigenvalue weighted by atomic mass is 15.0.